The maximum absolute atomic E-state index is 5.97. The maximum atomic E-state index is 5.97. The van der Waals surface area contributed by atoms with E-state index >= 15 is 0 Å². The minimum atomic E-state index is 0.419. The van der Waals surface area contributed by atoms with Crippen LogP contribution in [0.2, 0.25) is 0 Å². The lowest BCUT2D eigenvalue weighted by Crippen LogP contribution is -2.27. The summed E-state index contributed by atoms with van der Waals surface area (Å²) in [7, 11) is 0. The summed E-state index contributed by atoms with van der Waals surface area (Å²) in [5, 5.41) is 3.15. The average Bonchev–Trinajstić information content (AvgIpc) is 2.42. The third-order valence-corrected chi connectivity index (χ3v) is 6.02. The molecule has 3 rings (SSSR count). The molecule has 1 aromatic heterocycles. The number of pyridine rings is 1. The van der Waals surface area contributed by atoms with Crippen LogP contribution < -0.4 is 5.73 Å². The molecule has 19 heavy (non-hydrogen) atoms. The van der Waals surface area contributed by atoms with Gasteiger partial charge in [-0.05, 0) is 65.2 Å². The van der Waals surface area contributed by atoms with Crippen LogP contribution >= 0.6 is 27.7 Å². The highest BCUT2D eigenvalue weighted by atomic mass is 79.9. The van der Waals surface area contributed by atoms with Crippen molar-refractivity contribution >= 4 is 38.5 Å². The van der Waals surface area contributed by atoms with Gasteiger partial charge in [-0.3, -0.25) is 4.98 Å². The zero-order chi connectivity index (χ0) is 13.2. The molecule has 0 atom stereocenters. The van der Waals surface area contributed by atoms with Crippen molar-refractivity contribution in [2.45, 2.75) is 41.9 Å². The lowest BCUT2D eigenvalue weighted by molar-refractivity contribution is 0.451. The largest absolute Gasteiger partial charge is 0.328 e. The Hall–Kier alpha value is -0.580. The van der Waals surface area contributed by atoms with Crippen molar-refractivity contribution < 1.29 is 0 Å². The molecule has 1 saturated carbocycles. The number of thioether (sulfide) groups is 1. The number of hydrogen-bond acceptors (Lipinski definition) is 3. The fourth-order valence-corrected chi connectivity index (χ4v) is 4.44. The van der Waals surface area contributed by atoms with Gasteiger partial charge in [0, 0.05) is 38.4 Å². The van der Waals surface area contributed by atoms with Gasteiger partial charge in [-0.2, -0.15) is 0 Å². The summed E-state index contributed by atoms with van der Waals surface area (Å²) in [6.07, 6.45) is 8.54. The Bertz CT molecular complexity index is 579. The van der Waals surface area contributed by atoms with E-state index in [2.05, 4.69) is 39.1 Å². The molecule has 0 aliphatic heterocycles. The Morgan fingerprint density at radius 1 is 1.16 bits per heavy atom. The fourth-order valence-electron chi connectivity index (χ4n) is 2.56. The van der Waals surface area contributed by atoms with E-state index in [1.54, 1.807) is 0 Å². The molecule has 2 nitrogen and oxygen atoms in total. The lowest BCUT2D eigenvalue weighted by atomic mass is 9.96. The molecule has 1 heterocycles. The summed E-state index contributed by atoms with van der Waals surface area (Å²) in [6.45, 7) is 0. The number of nitrogens with two attached hydrogens (primary N) is 1. The Balaban J connectivity index is 1.82. The van der Waals surface area contributed by atoms with E-state index in [0.29, 0.717) is 11.3 Å². The van der Waals surface area contributed by atoms with Crippen molar-refractivity contribution in [1.82, 2.24) is 4.98 Å². The van der Waals surface area contributed by atoms with Crippen LogP contribution in [0.4, 0.5) is 0 Å². The van der Waals surface area contributed by atoms with Crippen molar-refractivity contribution in [2.75, 3.05) is 0 Å². The second-order valence-corrected chi connectivity index (χ2v) is 7.36. The normalized spacial score (nSPS) is 23.7. The van der Waals surface area contributed by atoms with E-state index in [1.807, 2.05) is 24.2 Å². The molecule has 100 valence electrons. The minimum absolute atomic E-state index is 0.419. The molecule has 0 bridgehead atoms. The van der Waals surface area contributed by atoms with E-state index in [9.17, 15) is 0 Å². The monoisotopic (exact) mass is 336 g/mol. The van der Waals surface area contributed by atoms with Crippen LogP contribution in [-0.2, 0) is 0 Å². The smallest absolute Gasteiger partial charge is 0.0346 e. The Labute approximate surface area is 126 Å². The first kappa shape index (κ1) is 13.4. The molecular weight excluding hydrogens is 320 g/mol. The molecule has 2 aromatic rings. The van der Waals surface area contributed by atoms with E-state index in [0.717, 1.165) is 12.8 Å². The second kappa shape index (κ2) is 5.81. The number of fused-ring (bicyclic) bond motifs is 1. The number of halogens is 1. The molecule has 0 unspecified atom stereocenters. The molecule has 4 heteroatoms. The highest BCUT2D eigenvalue weighted by Crippen LogP contribution is 2.38. The van der Waals surface area contributed by atoms with Crippen molar-refractivity contribution in [3.8, 4) is 0 Å². The quantitative estimate of drug-likeness (QED) is 0.885. The van der Waals surface area contributed by atoms with Gasteiger partial charge in [0.25, 0.3) is 0 Å². The van der Waals surface area contributed by atoms with E-state index in [-0.39, 0.29) is 0 Å². The van der Waals surface area contributed by atoms with Crippen LogP contribution in [0.25, 0.3) is 10.8 Å². The molecule has 0 saturated heterocycles. The zero-order valence-electron chi connectivity index (χ0n) is 10.7. The lowest BCUT2D eigenvalue weighted by Gasteiger charge is -2.25. The SMILES string of the molecule is N[C@H]1CC[C@@H](Sc2cc3ccncc3cc2Br)CC1. The zero-order valence-corrected chi connectivity index (χ0v) is 13.1. The third kappa shape index (κ3) is 3.12. The van der Waals surface area contributed by atoms with E-state index < -0.39 is 0 Å². The molecule has 1 aliphatic carbocycles. The summed E-state index contributed by atoms with van der Waals surface area (Å²) in [5.74, 6) is 0. The van der Waals surface area contributed by atoms with Crippen molar-refractivity contribution in [1.29, 1.82) is 0 Å². The number of rotatable bonds is 2. The molecule has 0 amide bonds. The minimum Gasteiger partial charge on any atom is -0.328 e. The van der Waals surface area contributed by atoms with Gasteiger partial charge in [0.15, 0.2) is 0 Å². The van der Waals surface area contributed by atoms with Gasteiger partial charge in [-0.25, -0.2) is 0 Å². The van der Waals surface area contributed by atoms with Crippen LogP contribution in [0.1, 0.15) is 25.7 Å². The Kier molecular flexibility index (Phi) is 4.10. The fraction of sp³-hybridized carbons (Fsp3) is 0.400. The predicted molar refractivity (Wildman–Crippen MR) is 85.5 cm³/mol. The van der Waals surface area contributed by atoms with Crippen molar-refractivity contribution in [3.63, 3.8) is 0 Å². The van der Waals surface area contributed by atoms with Gasteiger partial charge in [0.05, 0.1) is 0 Å². The van der Waals surface area contributed by atoms with Gasteiger partial charge >= 0.3 is 0 Å². The van der Waals surface area contributed by atoms with Crippen molar-refractivity contribution in [3.05, 3.63) is 35.1 Å². The number of aromatic nitrogens is 1. The second-order valence-electron chi connectivity index (χ2n) is 5.16. The van der Waals surface area contributed by atoms with E-state index in [4.69, 9.17) is 5.73 Å². The first-order valence-electron chi connectivity index (χ1n) is 6.68. The van der Waals surface area contributed by atoms with Gasteiger partial charge in [-0.1, -0.05) is 0 Å². The molecule has 1 aromatic carbocycles. The maximum Gasteiger partial charge on any atom is 0.0346 e. The van der Waals surface area contributed by atoms with Gasteiger partial charge in [0.2, 0.25) is 0 Å². The number of nitrogens with zero attached hydrogens (tertiary/aromatic N) is 1. The van der Waals surface area contributed by atoms with Crippen molar-refractivity contribution in [2.24, 2.45) is 5.73 Å². The molecule has 1 fully saturated rings. The van der Waals surface area contributed by atoms with Crippen LogP contribution in [0, 0.1) is 0 Å². The number of benzene rings is 1. The molecular formula is C15H17BrN2S. The summed E-state index contributed by atoms with van der Waals surface area (Å²) in [6, 6.07) is 6.92. The topological polar surface area (TPSA) is 38.9 Å². The summed E-state index contributed by atoms with van der Waals surface area (Å²) in [4.78, 5) is 5.50. The average molecular weight is 337 g/mol. The van der Waals surface area contributed by atoms with Crippen LogP contribution in [-0.4, -0.2) is 16.3 Å². The van der Waals surface area contributed by atoms with Gasteiger partial charge in [0.1, 0.15) is 0 Å². The first-order valence-corrected chi connectivity index (χ1v) is 8.35. The third-order valence-electron chi connectivity index (χ3n) is 3.70. The standard InChI is InChI=1S/C15H17BrN2S/c16-14-7-11-9-18-6-5-10(11)8-15(14)19-13-3-1-12(17)2-4-13/h5-9,12-13H,1-4,17H2/t12-,13+. The number of hydrogen-bond donors (Lipinski definition) is 1. The summed E-state index contributed by atoms with van der Waals surface area (Å²) < 4.78 is 1.17. The van der Waals surface area contributed by atoms with Gasteiger partial charge in [-0.15, -0.1) is 11.8 Å². The first-order chi connectivity index (χ1) is 9.22. The molecule has 1 aliphatic rings. The highest BCUT2D eigenvalue weighted by molar-refractivity contribution is 9.10. The predicted octanol–water partition coefficient (Wildman–Crippen LogP) is 4.36. The summed E-state index contributed by atoms with van der Waals surface area (Å²) in [5.41, 5.74) is 5.97. The molecule has 0 radical (unpaired) electrons. The van der Waals surface area contributed by atoms with Gasteiger partial charge < -0.3 is 5.73 Å². The molecule has 2 N–H and O–H groups in total. The van der Waals surface area contributed by atoms with E-state index in [1.165, 1.54) is 33.0 Å². The van der Waals surface area contributed by atoms with Crippen LogP contribution in [0.15, 0.2) is 40.0 Å². The summed E-state index contributed by atoms with van der Waals surface area (Å²) >= 11 is 5.67. The molecule has 0 spiro atoms. The van der Waals surface area contributed by atoms with Crippen LogP contribution in [0.3, 0.4) is 0 Å². The Morgan fingerprint density at radius 2 is 1.95 bits per heavy atom. The van der Waals surface area contributed by atoms with Crippen LogP contribution in [0.5, 0.6) is 0 Å². The highest BCUT2D eigenvalue weighted by Gasteiger charge is 2.20. The Morgan fingerprint density at radius 3 is 2.74 bits per heavy atom.